The summed E-state index contributed by atoms with van der Waals surface area (Å²) in [5.41, 5.74) is -4.76. The van der Waals surface area contributed by atoms with Gasteiger partial charge in [0.25, 0.3) is 0 Å². The lowest BCUT2D eigenvalue weighted by atomic mass is 10.1. The first-order chi connectivity index (χ1) is 13.7. The van der Waals surface area contributed by atoms with Gasteiger partial charge in [0.1, 0.15) is 0 Å². The van der Waals surface area contributed by atoms with Gasteiger partial charge in [-0.15, -0.1) is 0 Å². The van der Waals surface area contributed by atoms with Crippen molar-refractivity contribution in [3.8, 4) is 5.75 Å². The quantitative estimate of drug-likeness (QED) is 0.436. The largest absolute Gasteiger partial charge is 0.534 e. The smallest absolute Gasteiger partial charge is 0.379 e. The number of rotatable bonds is 6. The standard InChI is InChI=1S/C17H22BrF3N2O5S/c18-15-9-13(11-22-1-5-26-6-2-22)16(28-29(24,25)17(19,20)21)14(10-15)12-23-3-7-27-8-4-23/h9-10H,1-8,11-12H2. The van der Waals surface area contributed by atoms with Crippen LogP contribution in [0.3, 0.4) is 0 Å². The van der Waals surface area contributed by atoms with Gasteiger partial charge in [-0.05, 0) is 12.1 Å². The molecule has 2 fully saturated rings. The number of nitrogens with zero attached hydrogens (tertiary/aromatic N) is 2. The van der Waals surface area contributed by atoms with Gasteiger partial charge in [0.05, 0.1) is 26.4 Å². The zero-order valence-corrected chi connectivity index (χ0v) is 18.0. The first kappa shape index (κ1) is 22.8. The van der Waals surface area contributed by atoms with Crippen LogP contribution in [0.15, 0.2) is 16.6 Å². The molecule has 0 spiro atoms. The van der Waals surface area contributed by atoms with Crippen LogP contribution in [0.5, 0.6) is 5.75 Å². The predicted molar refractivity (Wildman–Crippen MR) is 102 cm³/mol. The number of hydrogen-bond donors (Lipinski definition) is 0. The molecule has 0 atom stereocenters. The van der Waals surface area contributed by atoms with Crippen molar-refractivity contribution < 1.29 is 35.2 Å². The van der Waals surface area contributed by atoms with Gasteiger partial charge in [0.15, 0.2) is 5.75 Å². The molecule has 0 saturated carbocycles. The van der Waals surface area contributed by atoms with Crippen LogP contribution >= 0.6 is 15.9 Å². The van der Waals surface area contributed by atoms with Gasteiger partial charge >= 0.3 is 15.6 Å². The van der Waals surface area contributed by atoms with Crippen LogP contribution in [-0.4, -0.2) is 76.3 Å². The molecule has 0 radical (unpaired) electrons. The van der Waals surface area contributed by atoms with Crippen molar-refractivity contribution in [2.24, 2.45) is 0 Å². The van der Waals surface area contributed by atoms with E-state index in [1.165, 1.54) is 0 Å². The number of benzene rings is 1. The highest BCUT2D eigenvalue weighted by molar-refractivity contribution is 9.10. The Kier molecular flexibility index (Phi) is 7.44. The lowest BCUT2D eigenvalue weighted by molar-refractivity contribution is -0.0500. The number of alkyl halides is 3. The van der Waals surface area contributed by atoms with Crippen LogP contribution in [0.2, 0.25) is 0 Å². The Hall–Kier alpha value is -0.920. The first-order valence-corrected chi connectivity index (χ1v) is 11.3. The molecule has 29 heavy (non-hydrogen) atoms. The second-order valence-corrected chi connectivity index (χ2v) is 9.27. The van der Waals surface area contributed by atoms with E-state index in [0.717, 1.165) is 0 Å². The fraction of sp³-hybridized carbons (Fsp3) is 0.647. The molecule has 2 aliphatic rings. The van der Waals surface area contributed by atoms with Crippen molar-refractivity contribution in [1.29, 1.82) is 0 Å². The van der Waals surface area contributed by atoms with Crippen molar-refractivity contribution in [2.45, 2.75) is 18.6 Å². The highest BCUT2D eigenvalue weighted by atomic mass is 79.9. The Morgan fingerprint density at radius 3 is 1.72 bits per heavy atom. The van der Waals surface area contributed by atoms with E-state index in [0.29, 0.717) is 68.2 Å². The molecule has 1 aromatic rings. The van der Waals surface area contributed by atoms with E-state index in [4.69, 9.17) is 9.47 Å². The monoisotopic (exact) mass is 502 g/mol. The molecule has 0 bridgehead atoms. The molecule has 0 aliphatic carbocycles. The molecule has 3 rings (SSSR count). The van der Waals surface area contributed by atoms with Gasteiger partial charge in [-0.2, -0.15) is 21.6 Å². The van der Waals surface area contributed by atoms with Gasteiger partial charge in [0, 0.05) is 54.9 Å². The summed E-state index contributed by atoms with van der Waals surface area (Å²) in [6.07, 6.45) is 0. The van der Waals surface area contributed by atoms with Crippen LogP contribution in [0.4, 0.5) is 13.2 Å². The number of hydrogen-bond acceptors (Lipinski definition) is 7. The Morgan fingerprint density at radius 1 is 0.931 bits per heavy atom. The second kappa shape index (κ2) is 9.48. The molecule has 7 nitrogen and oxygen atoms in total. The third-order valence-electron chi connectivity index (χ3n) is 4.68. The minimum atomic E-state index is -5.79. The van der Waals surface area contributed by atoms with E-state index in [1.807, 2.05) is 9.80 Å². The van der Waals surface area contributed by atoms with Gasteiger partial charge < -0.3 is 13.7 Å². The summed E-state index contributed by atoms with van der Waals surface area (Å²) in [7, 11) is -5.79. The van der Waals surface area contributed by atoms with Gasteiger partial charge in [-0.25, -0.2) is 0 Å². The van der Waals surface area contributed by atoms with E-state index < -0.39 is 15.6 Å². The fourth-order valence-electron chi connectivity index (χ4n) is 3.21. The number of halogens is 4. The van der Waals surface area contributed by atoms with E-state index >= 15 is 0 Å². The average Bonchev–Trinajstić information content (AvgIpc) is 2.65. The summed E-state index contributed by atoms with van der Waals surface area (Å²) in [4.78, 5) is 3.97. The van der Waals surface area contributed by atoms with Crippen molar-refractivity contribution in [3.05, 3.63) is 27.7 Å². The van der Waals surface area contributed by atoms with Gasteiger partial charge in [0.2, 0.25) is 0 Å². The molecule has 1 aromatic carbocycles. The lowest BCUT2D eigenvalue weighted by Gasteiger charge is -2.30. The summed E-state index contributed by atoms with van der Waals surface area (Å²) in [6.45, 7) is 4.90. The molecule has 164 valence electrons. The van der Waals surface area contributed by atoms with Crippen molar-refractivity contribution in [2.75, 3.05) is 52.6 Å². The highest BCUT2D eigenvalue weighted by Crippen LogP contribution is 2.35. The zero-order valence-electron chi connectivity index (χ0n) is 15.6. The minimum absolute atomic E-state index is 0.252. The fourth-order valence-corrected chi connectivity index (χ4v) is 4.29. The van der Waals surface area contributed by atoms with Crippen LogP contribution in [0.1, 0.15) is 11.1 Å². The van der Waals surface area contributed by atoms with Crippen molar-refractivity contribution in [3.63, 3.8) is 0 Å². The molecule has 0 aromatic heterocycles. The molecule has 0 amide bonds. The highest BCUT2D eigenvalue weighted by Gasteiger charge is 2.49. The normalized spacial score (nSPS) is 20.0. The third-order valence-corrected chi connectivity index (χ3v) is 6.09. The number of morpholine rings is 2. The maximum atomic E-state index is 13.0. The molecule has 12 heteroatoms. The SMILES string of the molecule is O=S(=O)(Oc1c(CN2CCOCC2)cc(Br)cc1CN1CCOCC1)C(F)(F)F. The molecule has 0 unspecified atom stereocenters. The average molecular weight is 503 g/mol. The Balaban J connectivity index is 1.96. The molecule has 2 aliphatic heterocycles. The maximum Gasteiger partial charge on any atom is 0.534 e. The van der Waals surface area contributed by atoms with Crippen LogP contribution in [0, 0.1) is 0 Å². The minimum Gasteiger partial charge on any atom is -0.379 e. The third kappa shape index (κ3) is 6.05. The van der Waals surface area contributed by atoms with E-state index in [-0.39, 0.29) is 18.8 Å². The lowest BCUT2D eigenvalue weighted by Crippen LogP contribution is -2.37. The second-order valence-electron chi connectivity index (χ2n) is 6.81. The summed E-state index contributed by atoms with van der Waals surface area (Å²) < 4.78 is 78.5. The molecule has 0 N–H and O–H groups in total. The Morgan fingerprint density at radius 2 is 1.34 bits per heavy atom. The Bertz CT molecular complexity index is 769. The summed E-state index contributed by atoms with van der Waals surface area (Å²) in [5, 5.41) is 0. The van der Waals surface area contributed by atoms with Gasteiger partial charge in [-0.1, -0.05) is 15.9 Å². The first-order valence-electron chi connectivity index (χ1n) is 9.08. The molecular weight excluding hydrogens is 481 g/mol. The van der Waals surface area contributed by atoms with Crippen molar-refractivity contribution in [1.82, 2.24) is 9.80 Å². The van der Waals surface area contributed by atoms with E-state index in [9.17, 15) is 21.6 Å². The topological polar surface area (TPSA) is 68.3 Å². The van der Waals surface area contributed by atoms with Crippen molar-refractivity contribution >= 4 is 26.0 Å². The van der Waals surface area contributed by atoms with E-state index in [1.54, 1.807) is 12.1 Å². The summed E-state index contributed by atoms with van der Waals surface area (Å²) in [6, 6.07) is 3.19. The number of ether oxygens (including phenoxy) is 2. The van der Waals surface area contributed by atoms with Gasteiger partial charge in [-0.3, -0.25) is 9.80 Å². The predicted octanol–water partition coefficient (Wildman–Crippen LogP) is 2.34. The maximum absolute atomic E-state index is 13.0. The Labute approximate surface area is 175 Å². The molecule has 2 heterocycles. The van der Waals surface area contributed by atoms with Crippen LogP contribution < -0.4 is 4.18 Å². The van der Waals surface area contributed by atoms with Crippen LogP contribution in [0.25, 0.3) is 0 Å². The molecular formula is C17H22BrF3N2O5S. The zero-order chi connectivity index (χ0) is 21.1. The summed E-state index contributed by atoms with van der Waals surface area (Å²) >= 11 is 3.38. The van der Waals surface area contributed by atoms with Crippen LogP contribution in [-0.2, 0) is 32.7 Å². The summed E-state index contributed by atoms with van der Waals surface area (Å²) in [5.74, 6) is -0.261. The molecule has 2 saturated heterocycles. The van der Waals surface area contributed by atoms with E-state index in [2.05, 4.69) is 20.1 Å².